The van der Waals surface area contributed by atoms with E-state index in [1.165, 1.54) is 25.5 Å². The molecule has 1 amide bonds. The molecule has 2 saturated heterocycles. The summed E-state index contributed by atoms with van der Waals surface area (Å²) in [7, 11) is 0. The summed E-state index contributed by atoms with van der Waals surface area (Å²) in [4.78, 5) is 38.8. The zero-order chi connectivity index (χ0) is 20.9. The Labute approximate surface area is 182 Å². The molecule has 6 rings (SSSR count). The highest BCUT2D eigenvalue weighted by Crippen LogP contribution is 2.38. The number of piperidine rings is 1. The molecule has 4 aliphatic rings. The summed E-state index contributed by atoms with van der Waals surface area (Å²) in [5.41, 5.74) is 2.58. The van der Waals surface area contributed by atoms with Gasteiger partial charge in [-0.1, -0.05) is 12.5 Å². The largest absolute Gasteiger partial charge is 0.336 e. The highest BCUT2D eigenvalue weighted by atomic mass is 16.2. The Kier molecular flexibility index (Phi) is 4.67. The number of nitrogens with zero attached hydrogens (tertiary/aromatic N) is 5. The van der Waals surface area contributed by atoms with E-state index in [4.69, 9.17) is 0 Å². The first kappa shape index (κ1) is 19.2. The van der Waals surface area contributed by atoms with E-state index in [1.54, 1.807) is 12.4 Å². The number of likely N-dealkylation sites (tertiary alicyclic amines) is 2. The van der Waals surface area contributed by atoms with Crippen molar-refractivity contribution >= 4 is 5.91 Å². The van der Waals surface area contributed by atoms with Gasteiger partial charge >= 0.3 is 0 Å². The molecular weight excluding hydrogens is 390 g/mol. The Bertz CT molecular complexity index is 1040. The van der Waals surface area contributed by atoms with Crippen LogP contribution in [-0.2, 0) is 13.1 Å². The SMILES string of the molecule is O=C(c1cnccn1)N1C[C@@H]2C[C@H](C1)c1ccc(CN3C[C@H]4CCC[C@H]4C3)c(=O)n1C2. The van der Waals surface area contributed by atoms with Gasteiger partial charge in [-0.25, -0.2) is 4.98 Å². The van der Waals surface area contributed by atoms with Crippen molar-refractivity contribution in [3.8, 4) is 0 Å². The minimum absolute atomic E-state index is 0.0604. The lowest BCUT2D eigenvalue weighted by Crippen LogP contribution is -2.49. The summed E-state index contributed by atoms with van der Waals surface area (Å²) in [6.45, 7) is 5.09. The third-order valence-corrected chi connectivity index (χ3v) is 7.95. The monoisotopic (exact) mass is 419 g/mol. The van der Waals surface area contributed by atoms with E-state index in [0.717, 1.165) is 49.1 Å². The Hall–Kier alpha value is -2.54. The van der Waals surface area contributed by atoms with E-state index in [0.29, 0.717) is 31.2 Å². The summed E-state index contributed by atoms with van der Waals surface area (Å²) in [6.07, 6.45) is 9.81. The van der Waals surface area contributed by atoms with Crippen molar-refractivity contribution in [2.24, 2.45) is 17.8 Å². The van der Waals surface area contributed by atoms with Gasteiger partial charge in [0.1, 0.15) is 5.69 Å². The van der Waals surface area contributed by atoms with Crippen molar-refractivity contribution in [2.75, 3.05) is 26.2 Å². The van der Waals surface area contributed by atoms with Crippen molar-refractivity contribution in [1.29, 1.82) is 0 Å². The first-order valence-corrected chi connectivity index (χ1v) is 11.7. The second kappa shape index (κ2) is 7.55. The zero-order valence-electron chi connectivity index (χ0n) is 17.8. The molecule has 2 aromatic heterocycles. The van der Waals surface area contributed by atoms with Crippen molar-refractivity contribution in [2.45, 2.75) is 44.7 Å². The zero-order valence-corrected chi connectivity index (χ0v) is 17.8. The molecule has 0 radical (unpaired) electrons. The van der Waals surface area contributed by atoms with Crippen LogP contribution in [0.4, 0.5) is 0 Å². The van der Waals surface area contributed by atoms with Crippen LogP contribution in [0.25, 0.3) is 0 Å². The molecule has 7 nitrogen and oxygen atoms in total. The molecule has 31 heavy (non-hydrogen) atoms. The van der Waals surface area contributed by atoms with Crippen molar-refractivity contribution < 1.29 is 4.79 Å². The van der Waals surface area contributed by atoms with Crippen molar-refractivity contribution in [3.05, 3.63) is 58.0 Å². The molecule has 2 bridgehead atoms. The lowest BCUT2D eigenvalue weighted by molar-refractivity contribution is 0.0588. The number of amides is 1. The lowest BCUT2D eigenvalue weighted by atomic mass is 9.83. The van der Waals surface area contributed by atoms with Crippen LogP contribution >= 0.6 is 0 Å². The summed E-state index contributed by atoms with van der Waals surface area (Å²) >= 11 is 0. The standard InChI is InChI=1S/C24H29N5O2/c30-23-19(14-27-12-17-2-1-3-18(17)13-27)4-5-22-20-8-16(11-29(22)23)10-28(15-20)24(31)21-9-25-6-7-26-21/h4-7,9,16-18,20H,1-3,8,10-15H2/t16-,17-,18+,20+/m0/s1. The average Bonchev–Trinajstić information content (AvgIpc) is 3.38. The molecule has 2 aromatic rings. The van der Waals surface area contributed by atoms with Gasteiger partial charge in [0.15, 0.2) is 0 Å². The van der Waals surface area contributed by atoms with E-state index >= 15 is 0 Å². The number of pyridine rings is 1. The first-order chi connectivity index (χ1) is 15.2. The summed E-state index contributed by atoms with van der Waals surface area (Å²) in [5, 5.41) is 0. The second-order valence-electron chi connectivity index (χ2n) is 9.94. The van der Waals surface area contributed by atoms with Crippen LogP contribution in [0.2, 0.25) is 0 Å². The van der Waals surface area contributed by atoms with Crippen molar-refractivity contribution in [3.63, 3.8) is 0 Å². The van der Waals surface area contributed by atoms with E-state index in [2.05, 4.69) is 20.9 Å². The van der Waals surface area contributed by atoms with Crippen LogP contribution < -0.4 is 5.56 Å². The molecule has 1 saturated carbocycles. The van der Waals surface area contributed by atoms with Gasteiger partial charge in [0.25, 0.3) is 11.5 Å². The fraction of sp³-hybridized carbons (Fsp3) is 0.583. The van der Waals surface area contributed by atoms with Gasteiger partial charge in [-0.15, -0.1) is 0 Å². The molecule has 0 spiro atoms. The minimum atomic E-state index is -0.0604. The fourth-order valence-electron chi connectivity index (χ4n) is 6.55. The molecule has 3 aliphatic heterocycles. The smallest absolute Gasteiger partial charge is 0.274 e. The molecule has 3 fully saturated rings. The summed E-state index contributed by atoms with van der Waals surface area (Å²) < 4.78 is 2.01. The molecule has 4 atom stereocenters. The van der Waals surface area contributed by atoms with Crippen LogP contribution in [0.3, 0.4) is 0 Å². The van der Waals surface area contributed by atoms with E-state index in [-0.39, 0.29) is 17.4 Å². The maximum Gasteiger partial charge on any atom is 0.274 e. The normalized spacial score (nSPS) is 29.6. The quantitative estimate of drug-likeness (QED) is 0.762. The Balaban J connectivity index is 1.21. The highest BCUT2D eigenvalue weighted by Gasteiger charge is 2.38. The maximum atomic E-state index is 13.4. The minimum Gasteiger partial charge on any atom is -0.336 e. The summed E-state index contributed by atoms with van der Waals surface area (Å²) in [6, 6.07) is 4.19. The number of hydrogen-bond donors (Lipinski definition) is 0. The number of rotatable bonds is 3. The Morgan fingerprint density at radius 1 is 1.03 bits per heavy atom. The average molecular weight is 420 g/mol. The lowest BCUT2D eigenvalue weighted by Gasteiger charge is -2.42. The van der Waals surface area contributed by atoms with Gasteiger partial charge in [-0.3, -0.25) is 19.5 Å². The highest BCUT2D eigenvalue weighted by molar-refractivity contribution is 5.92. The van der Waals surface area contributed by atoms with Crippen LogP contribution in [0.15, 0.2) is 35.5 Å². The van der Waals surface area contributed by atoms with E-state index in [1.807, 2.05) is 15.5 Å². The fourth-order valence-corrected chi connectivity index (χ4v) is 6.55. The number of carbonyl (C=O) groups is 1. The van der Waals surface area contributed by atoms with Crippen LogP contribution in [0, 0.1) is 17.8 Å². The topological polar surface area (TPSA) is 71.3 Å². The predicted octanol–water partition coefficient (Wildman–Crippen LogP) is 2.13. The van der Waals surface area contributed by atoms with Gasteiger partial charge in [0.2, 0.25) is 0 Å². The number of fused-ring (bicyclic) bond motifs is 5. The molecule has 0 N–H and O–H groups in total. The molecule has 0 unspecified atom stereocenters. The van der Waals surface area contributed by atoms with Gasteiger partial charge in [0, 0.05) is 68.8 Å². The van der Waals surface area contributed by atoms with Gasteiger partial charge in [-0.05, 0) is 43.1 Å². The van der Waals surface area contributed by atoms with Crippen molar-refractivity contribution in [1.82, 2.24) is 24.3 Å². The third kappa shape index (κ3) is 3.39. The van der Waals surface area contributed by atoms with Crippen LogP contribution in [0.1, 0.15) is 53.3 Å². The van der Waals surface area contributed by atoms with Crippen LogP contribution in [-0.4, -0.2) is 56.4 Å². The molecule has 5 heterocycles. The molecule has 162 valence electrons. The Morgan fingerprint density at radius 3 is 2.65 bits per heavy atom. The third-order valence-electron chi connectivity index (χ3n) is 7.95. The first-order valence-electron chi connectivity index (χ1n) is 11.7. The van der Waals surface area contributed by atoms with Gasteiger partial charge in [-0.2, -0.15) is 0 Å². The number of aromatic nitrogens is 3. The predicted molar refractivity (Wildman–Crippen MR) is 116 cm³/mol. The second-order valence-corrected chi connectivity index (χ2v) is 9.94. The van der Waals surface area contributed by atoms with E-state index < -0.39 is 0 Å². The number of hydrogen-bond acceptors (Lipinski definition) is 5. The van der Waals surface area contributed by atoms with Gasteiger partial charge < -0.3 is 9.47 Å². The van der Waals surface area contributed by atoms with E-state index in [9.17, 15) is 9.59 Å². The van der Waals surface area contributed by atoms with Crippen LogP contribution in [0.5, 0.6) is 0 Å². The number of carbonyl (C=O) groups excluding carboxylic acids is 1. The van der Waals surface area contributed by atoms with Gasteiger partial charge in [0.05, 0.1) is 6.20 Å². The molecular formula is C24H29N5O2. The summed E-state index contributed by atoms with van der Waals surface area (Å²) in [5.74, 6) is 2.15. The molecule has 7 heteroatoms. The Morgan fingerprint density at radius 2 is 1.87 bits per heavy atom. The maximum absolute atomic E-state index is 13.4. The molecule has 1 aliphatic carbocycles. The molecule has 0 aromatic carbocycles.